The second-order valence-electron chi connectivity index (χ2n) is 10.3. The van der Waals surface area contributed by atoms with Gasteiger partial charge in [0.15, 0.2) is 5.65 Å². The zero-order chi connectivity index (χ0) is 30.6. The Morgan fingerprint density at radius 1 is 1.02 bits per heavy atom. The molecule has 4 heterocycles. The number of allylic oxidation sites excluding steroid dienone is 4. The Kier molecular flexibility index (Phi) is 7.84. The van der Waals surface area contributed by atoms with E-state index in [0.717, 1.165) is 44.2 Å². The van der Waals surface area contributed by atoms with Crippen LogP contribution in [0.4, 0.5) is 10.1 Å². The Balaban J connectivity index is 1.31. The average Bonchev–Trinajstić information content (AvgIpc) is 3.64. The molecule has 9 heteroatoms. The number of anilines is 1. The van der Waals surface area contributed by atoms with Crippen molar-refractivity contribution < 1.29 is 13.9 Å². The molecule has 6 aromatic rings. The summed E-state index contributed by atoms with van der Waals surface area (Å²) in [7, 11) is 1.52. The Labute approximate surface area is 253 Å². The van der Waals surface area contributed by atoms with Gasteiger partial charge >= 0.3 is 0 Å². The van der Waals surface area contributed by atoms with Crippen LogP contribution in [0, 0.1) is 5.82 Å². The summed E-state index contributed by atoms with van der Waals surface area (Å²) in [5, 5.41) is 12.2. The fraction of sp³-hybridized carbons (Fsp3) is 0.0857. The van der Waals surface area contributed by atoms with E-state index in [2.05, 4.69) is 37.0 Å². The van der Waals surface area contributed by atoms with Crippen molar-refractivity contribution in [2.75, 3.05) is 12.4 Å². The summed E-state index contributed by atoms with van der Waals surface area (Å²) in [5.41, 5.74) is 7.69. The number of nitrogens with one attached hydrogen (secondary N) is 3. The number of hydrogen-bond donors (Lipinski definition) is 3. The van der Waals surface area contributed by atoms with Crippen LogP contribution in [-0.4, -0.2) is 38.2 Å². The van der Waals surface area contributed by atoms with Gasteiger partial charge < -0.3 is 15.0 Å². The summed E-state index contributed by atoms with van der Waals surface area (Å²) >= 11 is 0. The number of aromatic amines is 2. The first-order valence-electron chi connectivity index (χ1n) is 13.9. The second-order valence-corrected chi connectivity index (χ2v) is 10.3. The minimum atomic E-state index is -0.370. The minimum absolute atomic E-state index is 0.134. The van der Waals surface area contributed by atoms with E-state index in [0.29, 0.717) is 28.3 Å². The molecule has 0 spiro atoms. The molecule has 0 aliphatic heterocycles. The number of carbonyl (C=O) groups excluding carboxylic acids is 1. The molecule has 218 valence electrons. The number of nitrogens with zero attached hydrogens (tertiary/aromatic N) is 3. The highest BCUT2D eigenvalue weighted by atomic mass is 19.1. The maximum absolute atomic E-state index is 14.3. The van der Waals surface area contributed by atoms with E-state index in [4.69, 9.17) is 4.74 Å². The SMILES string of the molecule is C=C/C=C\C=C(/C)CC(=O)Nc1cncc(-c2cnc3[nH]nc(-c4cc5c(-c6cc(F)cc(OC)c6)cccc5[nH]4)c3c2)c1. The van der Waals surface area contributed by atoms with E-state index in [1.807, 2.05) is 67.6 Å². The molecule has 0 fully saturated rings. The van der Waals surface area contributed by atoms with Crippen LogP contribution >= 0.6 is 0 Å². The zero-order valence-electron chi connectivity index (χ0n) is 24.2. The van der Waals surface area contributed by atoms with Gasteiger partial charge in [-0.2, -0.15) is 5.10 Å². The third-order valence-corrected chi connectivity index (χ3v) is 7.18. The Hall–Kier alpha value is -5.83. The predicted molar refractivity (Wildman–Crippen MR) is 173 cm³/mol. The quantitative estimate of drug-likeness (QED) is 0.149. The first-order chi connectivity index (χ1) is 21.4. The average molecular weight is 585 g/mol. The molecule has 3 N–H and O–H groups in total. The van der Waals surface area contributed by atoms with E-state index in [1.165, 1.54) is 19.2 Å². The van der Waals surface area contributed by atoms with E-state index < -0.39 is 0 Å². The molecule has 0 bridgehead atoms. The van der Waals surface area contributed by atoms with Gasteiger partial charge in [-0.25, -0.2) is 9.37 Å². The van der Waals surface area contributed by atoms with Crippen LogP contribution in [0.5, 0.6) is 5.75 Å². The van der Waals surface area contributed by atoms with Crippen LogP contribution in [0.2, 0.25) is 0 Å². The lowest BCUT2D eigenvalue weighted by Gasteiger charge is -2.07. The number of benzene rings is 2. The lowest BCUT2D eigenvalue weighted by molar-refractivity contribution is -0.115. The van der Waals surface area contributed by atoms with Crippen LogP contribution in [0.1, 0.15) is 13.3 Å². The number of carbonyl (C=O) groups is 1. The lowest BCUT2D eigenvalue weighted by atomic mass is 10.0. The van der Waals surface area contributed by atoms with Crippen molar-refractivity contribution in [3.63, 3.8) is 0 Å². The number of rotatable bonds is 9. The molecule has 8 nitrogen and oxygen atoms in total. The number of fused-ring (bicyclic) bond motifs is 2. The highest BCUT2D eigenvalue weighted by molar-refractivity contribution is 6.01. The second kappa shape index (κ2) is 12.2. The van der Waals surface area contributed by atoms with Gasteiger partial charge in [0.25, 0.3) is 0 Å². The van der Waals surface area contributed by atoms with E-state index >= 15 is 0 Å². The van der Waals surface area contributed by atoms with Crippen molar-refractivity contribution in [3.8, 4) is 39.4 Å². The predicted octanol–water partition coefficient (Wildman–Crippen LogP) is 8.00. The van der Waals surface area contributed by atoms with Crippen molar-refractivity contribution in [1.29, 1.82) is 0 Å². The molecular weight excluding hydrogens is 555 g/mol. The largest absolute Gasteiger partial charge is 0.497 e. The summed E-state index contributed by atoms with van der Waals surface area (Å²) in [5.74, 6) is -0.0533. The molecule has 1 amide bonds. The highest BCUT2D eigenvalue weighted by Gasteiger charge is 2.16. The topological polar surface area (TPSA) is 109 Å². The van der Waals surface area contributed by atoms with Crippen LogP contribution in [0.15, 0.2) is 110 Å². The third kappa shape index (κ3) is 5.89. The maximum atomic E-state index is 14.3. The van der Waals surface area contributed by atoms with Crippen LogP contribution in [0.3, 0.4) is 0 Å². The number of halogens is 1. The van der Waals surface area contributed by atoms with E-state index in [1.54, 1.807) is 24.7 Å². The molecule has 0 saturated carbocycles. The zero-order valence-corrected chi connectivity index (χ0v) is 24.2. The van der Waals surface area contributed by atoms with Gasteiger partial charge in [-0.1, -0.05) is 48.6 Å². The smallest absolute Gasteiger partial charge is 0.228 e. The molecule has 0 saturated heterocycles. The number of ether oxygens (including phenoxy) is 1. The Morgan fingerprint density at radius 3 is 2.73 bits per heavy atom. The summed E-state index contributed by atoms with van der Waals surface area (Å²) in [6, 6.07) is 16.4. The highest BCUT2D eigenvalue weighted by Crippen LogP contribution is 2.36. The lowest BCUT2D eigenvalue weighted by Crippen LogP contribution is -2.11. The van der Waals surface area contributed by atoms with E-state index in [-0.39, 0.29) is 18.1 Å². The van der Waals surface area contributed by atoms with E-state index in [9.17, 15) is 9.18 Å². The first-order valence-corrected chi connectivity index (χ1v) is 13.9. The normalized spacial score (nSPS) is 11.8. The van der Waals surface area contributed by atoms with Crippen molar-refractivity contribution >= 4 is 33.5 Å². The molecule has 4 aromatic heterocycles. The van der Waals surface area contributed by atoms with Gasteiger partial charge in [-0.15, -0.1) is 0 Å². The van der Waals surface area contributed by atoms with Crippen LogP contribution in [0.25, 0.3) is 55.6 Å². The number of aromatic nitrogens is 5. The molecule has 6 rings (SSSR count). The Bertz CT molecular complexity index is 2090. The van der Waals surface area contributed by atoms with Crippen molar-refractivity contribution in [2.45, 2.75) is 13.3 Å². The monoisotopic (exact) mass is 584 g/mol. The van der Waals surface area contributed by atoms with Gasteiger partial charge in [-0.3, -0.25) is 14.9 Å². The van der Waals surface area contributed by atoms with Crippen molar-refractivity contribution in [3.05, 3.63) is 115 Å². The number of pyridine rings is 2. The number of hydrogen-bond acceptors (Lipinski definition) is 5. The van der Waals surface area contributed by atoms with Gasteiger partial charge in [0.2, 0.25) is 5.91 Å². The standard InChI is InChI=1S/C35H29FN6O2/c1-4-5-6-8-21(2)11-33(43)39-26-13-23(18-37-20-26)24-15-30-34(41-42-35(30)38-19-24)32-17-29-28(9-7-10-31(29)40-32)22-12-25(36)16-27(14-22)44-3/h4-10,12-20,40H,1,11H2,2-3H3,(H,39,43)(H,38,41,42)/b6-5-,21-8+. The van der Waals surface area contributed by atoms with Gasteiger partial charge in [0.1, 0.15) is 17.3 Å². The number of H-pyrrole nitrogens is 2. The summed E-state index contributed by atoms with van der Waals surface area (Å²) < 4.78 is 19.6. The molecule has 0 radical (unpaired) electrons. The summed E-state index contributed by atoms with van der Waals surface area (Å²) in [6.45, 7) is 5.54. The molecule has 0 unspecified atom stereocenters. The van der Waals surface area contributed by atoms with Crippen molar-refractivity contribution in [1.82, 2.24) is 25.1 Å². The molecule has 0 atom stereocenters. The third-order valence-electron chi connectivity index (χ3n) is 7.18. The van der Waals surface area contributed by atoms with Gasteiger partial charge in [0.05, 0.1) is 24.7 Å². The number of amides is 1. The molecule has 0 aliphatic rings. The number of methoxy groups -OCH3 is 1. The molecule has 44 heavy (non-hydrogen) atoms. The van der Waals surface area contributed by atoms with Gasteiger partial charge in [0, 0.05) is 52.3 Å². The molecule has 0 aliphatic carbocycles. The van der Waals surface area contributed by atoms with Gasteiger partial charge in [-0.05, 0) is 54.4 Å². The fourth-order valence-electron chi connectivity index (χ4n) is 5.12. The summed E-state index contributed by atoms with van der Waals surface area (Å²) in [6.07, 6.45) is 12.6. The van der Waals surface area contributed by atoms with Crippen LogP contribution < -0.4 is 10.1 Å². The Morgan fingerprint density at radius 2 is 1.89 bits per heavy atom. The molecule has 2 aromatic carbocycles. The fourth-order valence-corrected chi connectivity index (χ4v) is 5.12. The maximum Gasteiger partial charge on any atom is 0.228 e. The minimum Gasteiger partial charge on any atom is -0.497 e. The summed E-state index contributed by atoms with van der Waals surface area (Å²) in [4.78, 5) is 25.0. The van der Waals surface area contributed by atoms with Crippen molar-refractivity contribution in [2.24, 2.45) is 0 Å². The van der Waals surface area contributed by atoms with Crippen LogP contribution in [-0.2, 0) is 4.79 Å². The first kappa shape index (κ1) is 28.3. The molecular formula is C35H29FN6O2.